The molecule has 0 radical (unpaired) electrons. The Kier molecular flexibility index (Phi) is 5.06. The second-order valence-electron chi connectivity index (χ2n) is 7.20. The largest absolute Gasteiger partial charge is 0.496 e. The van der Waals surface area contributed by atoms with E-state index in [0.29, 0.717) is 30.2 Å². The van der Waals surface area contributed by atoms with E-state index in [4.69, 9.17) is 18.4 Å². The lowest BCUT2D eigenvalue weighted by atomic mass is 10.1. The smallest absolute Gasteiger partial charge is 0.263 e. The number of benzene rings is 1. The third-order valence-electron chi connectivity index (χ3n) is 5.29. The Balaban J connectivity index is 1.62. The maximum atomic E-state index is 5.89. The highest BCUT2D eigenvalue weighted by Gasteiger charge is 2.26. The Morgan fingerprint density at radius 3 is 2.90 bits per heavy atom. The summed E-state index contributed by atoms with van der Waals surface area (Å²) < 4.78 is 22.6. The number of ether oxygens (including phenoxy) is 2. The predicted octanol–water partition coefficient (Wildman–Crippen LogP) is 4.07. The molecule has 4 heterocycles. The maximum Gasteiger partial charge on any atom is 0.263 e. The van der Waals surface area contributed by atoms with Gasteiger partial charge < -0.3 is 23.3 Å². The van der Waals surface area contributed by atoms with Crippen molar-refractivity contribution in [3.05, 3.63) is 54.7 Å². The van der Waals surface area contributed by atoms with Crippen LogP contribution in [0, 0.1) is 0 Å². The third-order valence-corrected chi connectivity index (χ3v) is 5.29. The van der Waals surface area contributed by atoms with Crippen molar-refractivity contribution in [1.29, 1.82) is 0 Å². The van der Waals surface area contributed by atoms with Gasteiger partial charge in [0.05, 0.1) is 26.0 Å². The molecule has 1 unspecified atom stereocenters. The number of furan rings is 1. The quantitative estimate of drug-likeness (QED) is 0.454. The molecule has 1 saturated heterocycles. The molecule has 1 aromatic carbocycles. The van der Waals surface area contributed by atoms with Crippen molar-refractivity contribution in [3.63, 3.8) is 0 Å². The van der Waals surface area contributed by atoms with Crippen LogP contribution in [0.2, 0.25) is 0 Å². The van der Waals surface area contributed by atoms with Crippen molar-refractivity contribution in [2.75, 3.05) is 25.2 Å². The van der Waals surface area contributed by atoms with Crippen molar-refractivity contribution in [1.82, 2.24) is 15.1 Å². The summed E-state index contributed by atoms with van der Waals surface area (Å²) in [6.07, 6.45) is 5.40. The van der Waals surface area contributed by atoms with E-state index >= 15 is 0 Å². The molecule has 0 spiro atoms. The molecule has 1 aliphatic heterocycles. The highest BCUT2D eigenvalue weighted by Crippen LogP contribution is 2.38. The molecule has 0 saturated carbocycles. The monoisotopic (exact) mass is 406 g/mol. The number of hydrogen-bond donors (Lipinski definition) is 0. The van der Waals surface area contributed by atoms with Crippen LogP contribution < -0.4 is 9.64 Å². The number of nitrogens with zero attached hydrogens (tertiary/aromatic N) is 4. The van der Waals surface area contributed by atoms with Crippen LogP contribution in [0.4, 0.5) is 5.82 Å². The van der Waals surface area contributed by atoms with Gasteiger partial charge in [0.1, 0.15) is 34.7 Å². The molecule has 1 aliphatic rings. The molecule has 154 valence electrons. The van der Waals surface area contributed by atoms with E-state index in [1.807, 2.05) is 36.4 Å². The summed E-state index contributed by atoms with van der Waals surface area (Å²) in [6, 6.07) is 11.5. The Hall–Kier alpha value is -3.39. The zero-order valence-corrected chi connectivity index (χ0v) is 16.7. The fourth-order valence-corrected chi connectivity index (χ4v) is 3.89. The van der Waals surface area contributed by atoms with Crippen LogP contribution in [-0.2, 0) is 11.3 Å². The minimum absolute atomic E-state index is 0.138. The van der Waals surface area contributed by atoms with Crippen LogP contribution in [-0.4, -0.2) is 41.5 Å². The normalized spacial score (nSPS) is 16.2. The summed E-state index contributed by atoms with van der Waals surface area (Å²) in [5.74, 6) is 2.28. The van der Waals surface area contributed by atoms with Crippen molar-refractivity contribution < 1.29 is 18.4 Å². The number of methoxy groups -OCH3 is 1. The molecule has 8 nitrogen and oxygen atoms in total. The molecule has 0 amide bonds. The van der Waals surface area contributed by atoms with Gasteiger partial charge in [-0.05, 0) is 37.1 Å². The van der Waals surface area contributed by atoms with Crippen LogP contribution in [0.25, 0.3) is 22.4 Å². The average Bonchev–Trinajstić information content (AvgIpc) is 3.55. The zero-order chi connectivity index (χ0) is 20.3. The average molecular weight is 406 g/mol. The van der Waals surface area contributed by atoms with Gasteiger partial charge in [0.2, 0.25) is 0 Å². The summed E-state index contributed by atoms with van der Waals surface area (Å²) in [6.45, 7) is 2.02. The molecular formula is C22H22N4O4. The number of rotatable bonds is 7. The van der Waals surface area contributed by atoms with Gasteiger partial charge in [-0.3, -0.25) is 0 Å². The molecule has 0 aliphatic carbocycles. The van der Waals surface area contributed by atoms with Crippen molar-refractivity contribution >= 4 is 16.9 Å². The van der Waals surface area contributed by atoms with Gasteiger partial charge in [0, 0.05) is 18.7 Å². The fourth-order valence-electron chi connectivity index (χ4n) is 3.89. The maximum absolute atomic E-state index is 5.89. The minimum atomic E-state index is 0.138. The first-order valence-electron chi connectivity index (χ1n) is 9.96. The van der Waals surface area contributed by atoms with Gasteiger partial charge in [0.15, 0.2) is 0 Å². The predicted molar refractivity (Wildman–Crippen MR) is 110 cm³/mol. The SMILES string of the molecule is COc1ccccc1-c1noc2ncnc(N(Cc3ccco3)CC3CCCO3)c12. The molecule has 1 fully saturated rings. The molecule has 8 heteroatoms. The number of fused-ring (bicyclic) bond motifs is 1. The molecule has 30 heavy (non-hydrogen) atoms. The second kappa shape index (κ2) is 8.16. The van der Waals surface area contributed by atoms with E-state index in [-0.39, 0.29) is 6.10 Å². The third kappa shape index (κ3) is 3.50. The van der Waals surface area contributed by atoms with Gasteiger partial charge in [-0.15, -0.1) is 0 Å². The second-order valence-corrected chi connectivity index (χ2v) is 7.20. The Morgan fingerprint density at radius 2 is 2.10 bits per heavy atom. The van der Waals surface area contributed by atoms with Crippen LogP contribution in [0.5, 0.6) is 5.75 Å². The highest BCUT2D eigenvalue weighted by atomic mass is 16.5. The number of hydrogen-bond acceptors (Lipinski definition) is 8. The first kappa shape index (κ1) is 18.6. The Bertz CT molecular complexity index is 1120. The molecule has 4 aromatic rings. The van der Waals surface area contributed by atoms with E-state index in [0.717, 1.165) is 42.0 Å². The van der Waals surface area contributed by atoms with E-state index in [2.05, 4.69) is 20.0 Å². The molecule has 0 N–H and O–H groups in total. The Labute approximate surface area is 173 Å². The van der Waals surface area contributed by atoms with Crippen LogP contribution in [0.1, 0.15) is 18.6 Å². The molecule has 1 atom stereocenters. The topological polar surface area (TPSA) is 86.7 Å². The van der Waals surface area contributed by atoms with Crippen molar-refractivity contribution in [3.8, 4) is 17.0 Å². The Morgan fingerprint density at radius 1 is 1.17 bits per heavy atom. The standard InChI is InChI=1S/C22H22N4O4/c1-27-18-9-3-2-8-17(18)20-19-21(23-14-24-22(19)30-25-20)26(12-15-6-4-10-28-15)13-16-7-5-11-29-16/h2-4,6,8-10,14,16H,5,7,11-13H2,1H3. The number of para-hydroxylation sites is 1. The van der Waals surface area contributed by atoms with Gasteiger partial charge in [0.25, 0.3) is 5.71 Å². The molecule has 5 rings (SSSR count). The molecule has 3 aromatic heterocycles. The summed E-state index contributed by atoms with van der Waals surface area (Å²) >= 11 is 0. The van der Waals surface area contributed by atoms with E-state index in [9.17, 15) is 0 Å². The lowest BCUT2D eigenvalue weighted by molar-refractivity contribution is 0.115. The summed E-state index contributed by atoms with van der Waals surface area (Å²) in [7, 11) is 1.64. The first-order chi connectivity index (χ1) is 14.8. The minimum Gasteiger partial charge on any atom is -0.496 e. The lowest BCUT2D eigenvalue weighted by Gasteiger charge is -2.26. The number of anilines is 1. The van der Waals surface area contributed by atoms with E-state index in [1.54, 1.807) is 13.4 Å². The summed E-state index contributed by atoms with van der Waals surface area (Å²) in [4.78, 5) is 11.1. The molecular weight excluding hydrogens is 384 g/mol. The van der Waals surface area contributed by atoms with Crippen molar-refractivity contribution in [2.45, 2.75) is 25.5 Å². The van der Waals surface area contributed by atoms with Crippen LogP contribution in [0.15, 0.2) is 57.9 Å². The van der Waals surface area contributed by atoms with Gasteiger partial charge in [-0.1, -0.05) is 17.3 Å². The van der Waals surface area contributed by atoms with Crippen LogP contribution in [0.3, 0.4) is 0 Å². The number of aromatic nitrogens is 3. The fraction of sp³-hybridized carbons (Fsp3) is 0.318. The summed E-state index contributed by atoms with van der Waals surface area (Å²) in [5.41, 5.74) is 1.90. The highest BCUT2D eigenvalue weighted by molar-refractivity contribution is 5.99. The lowest BCUT2D eigenvalue weighted by Crippen LogP contribution is -2.32. The van der Waals surface area contributed by atoms with Gasteiger partial charge >= 0.3 is 0 Å². The van der Waals surface area contributed by atoms with E-state index < -0.39 is 0 Å². The van der Waals surface area contributed by atoms with Crippen LogP contribution >= 0.6 is 0 Å². The zero-order valence-electron chi connectivity index (χ0n) is 16.7. The van der Waals surface area contributed by atoms with Crippen molar-refractivity contribution in [2.24, 2.45) is 0 Å². The van der Waals surface area contributed by atoms with Gasteiger partial charge in [-0.25, -0.2) is 4.98 Å². The van der Waals surface area contributed by atoms with Gasteiger partial charge in [-0.2, -0.15) is 4.98 Å². The molecule has 0 bridgehead atoms. The summed E-state index contributed by atoms with van der Waals surface area (Å²) in [5, 5.41) is 5.05. The first-order valence-corrected chi connectivity index (χ1v) is 9.96. The van der Waals surface area contributed by atoms with E-state index in [1.165, 1.54) is 6.33 Å².